The molecule has 2 aliphatic rings. The summed E-state index contributed by atoms with van der Waals surface area (Å²) in [6.07, 6.45) is 3.86. The molecule has 0 saturated carbocycles. The Hall–Kier alpha value is -3.29. The van der Waals surface area contributed by atoms with Gasteiger partial charge >= 0.3 is 11.8 Å². The highest BCUT2D eigenvalue weighted by molar-refractivity contribution is 6.39. The fourth-order valence-electron chi connectivity index (χ4n) is 3.73. The highest BCUT2D eigenvalue weighted by Gasteiger charge is 2.29. The Morgan fingerprint density at radius 1 is 0.828 bits per heavy atom. The van der Waals surface area contributed by atoms with E-state index in [9.17, 15) is 14.4 Å². The van der Waals surface area contributed by atoms with Gasteiger partial charge in [0, 0.05) is 50.6 Å². The summed E-state index contributed by atoms with van der Waals surface area (Å²) in [5.74, 6) is -1.17. The molecule has 2 aromatic rings. The van der Waals surface area contributed by atoms with Crippen molar-refractivity contribution in [2.75, 3.05) is 49.5 Å². The standard InChI is InChI=1S/C21H24N4O4/c26-19(22-16-5-7-17(8-6-16)23-9-1-2-10-23)21(28)25-13-11-24(12-14-25)20(27)18-4-3-15-29-18/h3-8,15H,1-2,9-14H2,(H,22,26). The number of furan rings is 1. The Morgan fingerprint density at radius 2 is 1.48 bits per heavy atom. The summed E-state index contributed by atoms with van der Waals surface area (Å²) in [5, 5.41) is 2.67. The lowest BCUT2D eigenvalue weighted by atomic mass is 10.2. The van der Waals surface area contributed by atoms with Gasteiger partial charge in [-0.2, -0.15) is 0 Å². The van der Waals surface area contributed by atoms with Crippen molar-refractivity contribution in [2.45, 2.75) is 12.8 Å². The van der Waals surface area contributed by atoms with Gasteiger partial charge in [-0.1, -0.05) is 0 Å². The van der Waals surface area contributed by atoms with Gasteiger partial charge in [-0.3, -0.25) is 14.4 Å². The zero-order valence-electron chi connectivity index (χ0n) is 16.2. The van der Waals surface area contributed by atoms with E-state index in [1.165, 1.54) is 24.0 Å². The van der Waals surface area contributed by atoms with Gasteiger partial charge in [0.15, 0.2) is 5.76 Å². The van der Waals surface area contributed by atoms with E-state index in [4.69, 9.17) is 4.42 Å². The smallest absolute Gasteiger partial charge is 0.313 e. The fourth-order valence-corrected chi connectivity index (χ4v) is 3.73. The Kier molecular flexibility index (Phi) is 5.50. The Bertz CT molecular complexity index is 865. The summed E-state index contributed by atoms with van der Waals surface area (Å²) in [5.41, 5.74) is 1.72. The Labute approximate surface area is 169 Å². The lowest BCUT2D eigenvalue weighted by molar-refractivity contribution is -0.144. The van der Waals surface area contributed by atoms with Gasteiger partial charge in [-0.15, -0.1) is 0 Å². The number of anilines is 2. The lowest BCUT2D eigenvalue weighted by Gasteiger charge is -2.33. The highest BCUT2D eigenvalue weighted by atomic mass is 16.3. The van der Waals surface area contributed by atoms with E-state index < -0.39 is 11.8 Å². The van der Waals surface area contributed by atoms with Crippen molar-refractivity contribution >= 4 is 29.1 Å². The lowest BCUT2D eigenvalue weighted by Crippen LogP contribution is -2.52. The molecule has 2 fully saturated rings. The summed E-state index contributed by atoms with van der Waals surface area (Å²) in [7, 11) is 0. The molecule has 8 heteroatoms. The second-order valence-electron chi connectivity index (χ2n) is 7.26. The molecule has 0 bridgehead atoms. The SMILES string of the molecule is O=C(Nc1ccc(N2CCCC2)cc1)C(=O)N1CCN(C(=O)c2ccco2)CC1. The Morgan fingerprint density at radius 3 is 2.10 bits per heavy atom. The molecule has 152 valence electrons. The predicted molar refractivity (Wildman–Crippen MR) is 108 cm³/mol. The molecular weight excluding hydrogens is 372 g/mol. The number of nitrogens with one attached hydrogen (secondary N) is 1. The van der Waals surface area contributed by atoms with Crippen LogP contribution in [0.1, 0.15) is 23.4 Å². The normalized spacial score (nSPS) is 16.8. The quantitative estimate of drug-likeness (QED) is 0.800. The third-order valence-electron chi connectivity index (χ3n) is 5.38. The minimum absolute atomic E-state index is 0.204. The molecule has 2 aliphatic heterocycles. The van der Waals surface area contributed by atoms with Crippen LogP contribution in [-0.4, -0.2) is 66.8 Å². The van der Waals surface area contributed by atoms with Gasteiger partial charge in [-0.25, -0.2) is 0 Å². The second kappa shape index (κ2) is 8.38. The maximum Gasteiger partial charge on any atom is 0.313 e. The van der Waals surface area contributed by atoms with Crippen molar-refractivity contribution in [1.82, 2.24) is 9.80 Å². The fraction of sp³-hybridized carbons (Fsp3) is 0.381. The van der Waals surface area contributed by atoms with Crippen LogP contribution >= 0.6 is 0 Å². The number of piperazine rings is 1. The molecule has 0 atom stereocenters. The maximum absolute atomic E-state index is 12.5. The van der Waals surface area contributed by atoms with E-state index in [-0.39, 0.29) is 11.7 Å². The van der Waals surface area contributed by atoms with Gasteiger partial charge in [0.05, 0.1) is 6.26 Å². The molecule has 0 aliphatic carbocycles. The average molecular weight is 396 g/mol. The number of carbonyl (C=O) groups is 3. The van der Waals surface area contributed by atoms with Crippen LogP contribution in [0.25, 0.3) is 0 Å². The zero-order chi connectivity index (χ0) is 20.2. The van der Waals surface area contributed by atoms with Gasteiger partial charge in [0.25, 0.3) is 5.91 Å². The van der Waals surface area contributed by atoms with Crippen molar-refractivity contribution in [3.63, 3.8) is 0 Å². The van der Waals surface area contributed by atoms with E-state index in [0.717, 1.165) is 18.8 Å². The first-order valence-corrected chi connectivity index (χ1v) is 9.90. The van der Waals surface area contributed by atoms with Crippen LogP contribution in [0.3, 0.4) is 0 Å². The first kappa shape index (κ1) is 19.0. The highest BCUT2D eigenvalue weighted by Crippen LogP contribution is 2.22. The molecule has 3 heterocycles. The number of amides is 3. The summed E-state index contributed by atoms with van der Waals surface area (Å²) < 4.78 is 5.13. The summed E-state index contributed by atoms with van der Waals surface area (Å²) >= 11 is 0. The van der Waals surface area contributed by atoms with E-state index in [2.05, 4.69) is 10.2 Å². The Balaban J connectivity index is 1.28. The summed E-state index contributed by atoms with van der Waals surface area (Å²) in [4.78, 5) is 42.5. The third-order valence-corrected chi connectivity index (χ3v) is 5.38. The van der Waals surface area contributed by atoms with Crippen LogP contribution in [0.5, 0.6) is 0 Å². The van der Waals surface area contributed by atoms with Crippen molar-refractivity contribution in [3.8, 4) is 0 Å². The van der Waals surface area contributed by atoms with Gasteiger partial charge in [0.1, 0.15) is 0 Å². The molecule has 3 amide bonds. The van der Waals surface area contributed by atoms with Gasteiger partial charge < -0.3 is 24.4 Å². The van der Waals surface area contributed by atoms with Crippen molar-refractivity contribution in [3.05, 3.63) is 48.4 Å². The van der Waals surface area contributed by atoms with E-state index in [0.29, 0.717) is 31.9 Å². The topological polar surface area (TPSA) is 86.1 Å². The summed E-state index contributed by atoms with van der Waals surface area (Å²) in [6.45, 7) is 3.46. The molecule has 2 saturated heterocycles. The van der Waals surface area contributed by atoms with Crippen molar-refractivity contribution in [2.24, 2.45) is 0 Å². The van der Waals surface area contributed by atoms with Crippen LogP contribution in [-0.2, 0) is 9.59 Å². The monoisotopic (exact) mass is 396 g/mol. The minimum Gasteiger partial charge on any atom is -0.459 e. The first-order valence-electron chi connectivity index (χ1n) is 9.90. The van der Waals surface area contributed by atoms with Crippen molar-refractivity contribution < 1.29 is 18.8 Å². The molecule has 29 heavy (non-hydrogen) atoms. The molecular formula is C21H24N4O4. The maximum atomic E-state index is 12.5. The largest absolute Gasteiger partial charge is 0.459 e. The number of rotatable bonds is 3. The van der Waals surface area contributed by atoms with E-state index in [1.807, 2.05) is 24.3 Å². The molecule has 8 nitrogen and oxygen atoms in total. The molecule has 0 spiro atoms. The van der Waals surface area contributed by atoms with Crippen LogP contribution in [0, 0.1) is 0 Å². The van der Waals surface area contributed by atoms with Crippen LogP contribution in [0.4, 0.5) is 11.4 Å². The van der Waals surface area contributed by atoms with Gasteiger partial charge in [0.2, 0.25) is 0 Å². The first-order chi connectivity index (χ1) is 14.1. The number of hydrogen-bond donors (Lipinski definition) is 1. The zero-order valence-corrected chi connectivity index (χ0v) is 16.2. The molecule has 0 radical (unpaired) electrons. The van der Waals surface area contributed by atoms with Gasteiger partial charge in [-0.05, 0) is 49.2 Å². The molecule has 1 aromatic carbocycles. The van der Waals surface area contributed by atoms with E-state index >= 15 is 0 Å². The molecule has 1 aromatic heterocycles. The number of hydrogen-bond acceptors (Lipinski definition) is 5. The summed E-state index contributed by atoms with van der Waals surface area (Å²) in [6, 6.07) is 10.8. The molecule has 1 N–H and O–H groups in total. The minimum atomic E-state index is -0.662. The van der Waals surface area contributed by atoms with Crippen LogP contribution in [0.15, 0.2) is 47.1 Å². The number of benzene rings is 1. The van der Waals surface area contributed by atoms with Crippen LogP contribution in [0.2, 0.25) is 0 Å². The van der Waals surface area contributed by atoms with Crippen molar-refractivity contribution in [1.29, 1.82) is 0 Å². The molecule has 0 unspecified atom stereocenters. The second-order valence-corrected chi connectivity index (χ2v) is 7.26. The van der Waals surface area contributed by atoms with Crippen LogP contribution < -0.4 is 10.2 Å². The predicted octanol–water partition coefficient (Wildman–Crippen LogP) is 1.80. The average Bonchev–Trinajstić information content (AvgIpc) is 3.47. The number of nitrogens with zero attached hydrogens (tertiary/aromatic N) is 3. The molecule has 4 rings (SSSR count). The van der Waals surface area contributed by atoms with E-state index in [1.54, 1.807) is 17.0 Å². The third kappa shape index (κ3) is 4.26. The number of carbonyl (C=O) groups excluding carboxylic acids is 3.